The lowest BCUT2D eigenvalue weighted by molar-refractivity contribution is -0.121. The number of benzene rings is 3. The van der Waals surface area contributed by atoms with E-state index in [1.54, 1.807) is 0 Å². The van der Waals surface area contributed by atoms with Crippen LogP contribution in [0.15, 0.2) is 84.9 Å². The van der Waals surface area contributed by atoms with Gasteiger partial charge < -0.3 is 15.4 Å². The van der Waals surface area contributed by atoms with E-state index >= 15 is 0 Å². The Morgan fingerprint density at radius 2 is 1.73 bits per heavy atom. The predicted molar refractivity (Wildman–Crippen MR) is 149 cm³/mol. The molecule has 37 heavy (non-hydrogen) atoms. The average molecular weight is 494 g/mol. The molecule has 5 heteroatoms. The van der Waals surface area contributed by atoms with Crippen LogP contribution in [0.4, 0.5) is 0 Å². The molecule has 1 amide bonds. The molecule has 1 saturated heterocycles. The largest absolute Gasteiger partial charge is 0.375 e. The molecule has 0 aliphatic carbocycles. The first-order chi connectivity index (χ1) is 18.2. The van der Waals surface area contributed by atoms with E-state index in [9.17, 15) is 4.79 Å². The van der Waals surface area contributed by atoms with Crippen LogP contribution in [0.2, 0.25) is 0 Å². The highest BCUT2D eigenvalue weighted by molar-refractivity contribution is 5.92. The molecule has 2 N–H and O–H groups in total. The molecule has 1 fully saturated rings. The lowest BCUT2D eigenvalue weighted by atomic mass is 9.94. The molecule has 0 saturated carbocycles. The Bertz CT molecular complexity index is 1320. The van der Waals surface area contributed by atoms with Crippen LogP contribution in [0.1, 0.15) is 48.9 Å². The van der Waals surface area contributed by atoms with E-state index in [0.717, 1.165) is 58.2 Å². The number of hydrogen-bond acceptors (Lipinski definition) is 4. The van der Waals surface area contributed by atoms with E-state index < -0.39 is 0 Å². The zero-order valence-electron chi connectivity index (χ0n) is 21.5. The molecular formula is C32H35N3O2. The standard InChI is InChI=1S/C32H35N3O2/c1-2-29(23-12-5-3-6-13-23)34-31(36)20-27-26-17-9-10-18-30(26)35-32(24-14-7-4-8-15-24)28(27)22-37-21-25-16-11-19-33-25/h3-10,12-15,17-18,25,29,33H,2,11,16,19-22H2,1H3,(H,34,36)/t25-,29-/m0/s1. The number of hydrogen-bond donors (Lipinski definition) is 2. The fraction of sp³-hybridized carbons (Fsp3) is 0.312. The molecule has 4 aromatic rings. The van der Waals surface area contributed by atoms with Gasteiger partial charge in [-0.15, -0.1) is 0 Å². The van der Waals surface area contributed by atoms with Crippen molar-refractivity contribution in [3.8, 4) is 11.3 Å². The van der Waals surface area contributed by atoms with Gasteiger partial charge in [0.2, 0.25) is 5.91 Å². The van der Waals surface area contributed by atoms with E-state index in [4.69, 9.17) is 9.72 Å². The van der Waals surface area contributed by atoms with Gasteiger partial charge in [-0.05, 0) is 43.0 Å². The quantitative estimate of drug-likeness (QED) is 0.285. The third-order valence-electron chi connectivity index (χ3n) is 7.17. The van der Waals surface area contributed by atoms with Crippen LogP contribution in [0.25, 0.3) is 22.2 Å². The molecule has 2 heterocycles. The number of carbonyl (C=O) groups is 1. The van der Waals surface area contributed by atoms with Crippen molar-refractivity contribution in [2.45, 2.75) is 51.3 Å². The van der Waals surface area contributed by atoms with Crippen LogP contribution in [0.3, 0.4) is 0 Å². The van der Waals surface area contributed by atoms with Crippen molar-refractivity contribution in [2.75, 3.05) is 13.2 Å². The molecule has 0 radical (unpaired) electrons. The van der Waals surface area contributed by atoms with Crippen LogP contribution in [0, 0.1) is 0 Å². The highest BCUT2D eigenvalue weighted by Gasteiger charge is 2.21. The van der Waals surface area contributed by atoms with Gasteiger partial charge >= 0.3 is 0 Å². The monoisotopic (exact) mass is 493 g/mol. The Kier molecular flexibility index (Phi) is 8.24. The van der Waals surface area contributed by atoms with Crippen LogP contribution in [-0.2, 0) is 22.6 Å². The topological polar surface area (TPSA) is 63.2 Å². The molecule has 0 bridgehead atoms. The highest BCUT2D eigenvalue weighted by Crippen LogP contribution is 2.32. The summed E-state index contributed by atoms with van der Waals surface area (Å²) in [7, 11) is 0. The predicted octanol–water partition coefficient (Wildman–Crippen LogP) is 5.98. The maximum atomic E-state index is 13.5. The number of para-hydroxylation sites is 1. The summed E-state index contributed by atoms with van der Waals surface area (Å²) in [5, 5.41) is 7.78. The summed E-state index contributed by atoms with van der Waals surface area (Å²) >= 11 is 0. The summed E-state index contributed by atoms with van der Waals surface area (Å²) in [5.74, 6) is 0.00442. The molecular weight excluding hydrogens is 458 g/mol. The summed E-state index contributed by atoms with van der Waals surface area (Å²) in [4.78, 5) is 18.6. The Labute approximate surface area is 219 Å². The molecule has 3 aromatic carbocycles. The lowest BCUT2D eigenvalue weighted by Gasteiger charge is -2.21. The fourth-order valence-corrected chi connectivity index (χ4v) is 5.23. The van der Waals surface area contributed by atoms with Gasteiger partial charge in [-0.2, -0.15) is 0 Å². The van der Waals surface area contributed by atoms with Gasteiger partial charge in [0, 0.05) is 22.6 Å². The summed E-state index contributed by atoms with van der Waals surface area (Å²) in [6.45, 7) is 4.22. The molecule has 0 unspecified atom stereocenters. The Hall–Kier alpha value is -3.54. The minimum atomic E-state index is -0.0245. The van der Waals surface area contributed by atoms with Crippen molar-refractivity contribution in [1.29, 1.82) is 0 Å². The maximum Gasteiger partial charge on any atom is 0.224 e. The van der Waals surface area contributed by atoms with Crippen molar-refractivity contribution in [3.63, 3.8) is 0 Å². The third kappa shape index (κ3) is 6.07. The average Bonchev–Trinajstić information content (AvgIpc) is 3.47. The molecule has 1 aliphatic rings. The number of nitrogens with one attached hydrogen (secondary N) is 2. The van der Waals surface area contributed by atoms with Crippen LogP contribution in [0.5, 0.6) is 0 Å². The summed E-state index contributed by atoms with van der Waals surface area (Å²) < 4.78 is 6.27. The zero-order valence-corrected chi connectivity index (χ0v) is 21.5. The van der Waals surface area contributed by atoms with Crippen molar-refractivity contribution in [2.24, 2.45) is 0 Å². The van der Waals surface area contributed by atoms with E-state index in [-0.39, 0.29) is 18.4 Å². The summed E-state index contributed by atoms with van der Waals surface area (Å²) in [5.41, 5.74) is 5.91. The van der Waals surface area contributed by atoms with E-state index in [0.29, 0.717) is 19.3 Å². The number of fused-ring (bicyclic) bond motifs is 1. The van der Waals surface area contributed by atoms with Gasteiger partial charge in [0.05, 0.1) is 36.9 Å². The van der Waals surface area contributed by atoms with Gasteiger partial charge in [-0.3, -0.25) is 4.79 Å². The Balaban J connectivity index is 1.50. The van der Waals surface area contributed by atoms with Crippen molar-refractivity contribution in [3.05, 3.63) is 102 Å². The minimum Gasteiger partial charge on any atom is -0.375 e. The van der Waals surface area contributed by atoms with E-state index in [2.05, 4.69) is 47.9 Å². The van der Waals surface area contributed by atoms with Gasteiger partial charge in [-0.25, -0.2) is 4.98 Å². The van der Waals surface area contributed by atoms with Crippen molar-refractivity contribution < 1.29 is 9.53 Å². The first-order valence-electron chi connectivity index (χ1n) is 13.3. The number of nitrogens with zero attached hydrogens (tertiary/aromatic N) is 1. The van der Waals surface area contributed by atoms with Crippen molar-refractivity contribution >= 4 is 16.8 Å². The molecule has 190 valence electrons. The van der Waals surface area contributed by atoms with Crippen molar-refractivity contribution in [1.82, 2.24) is 15.6 Å². The normalized spacial score (nSPS) is 16.1. The second-order valence-electron chi connectivity index (χ2n) is 9.72. The summed E-state index contributed by atoms with van der Waals surface area (Å²) in [6, 6.07) is 28.8. The van der Waals surface area contributed by atoms with Gasteiger partial charge in [0.25, 0.3) is 0 Å². The van der Waals surface area contributed by atoms with Crippen LogP contribution in [-0.4, -0.2) is 30.1 Å². The van der Waals surface area contributed by atoms with Gasteiger partial charge in [-0.1, -0.05) is 85.8 Å². The number of ether oxygens (including phenoxy) is 1. The first-order valence-corrected chi connectivity index (χ1v) is 13.3. The van der Waals surface area contributed by atoms with Crippen LogP contribution < -0.4 is 10.6 Å². The second kappa shape index (κ2) is 12.1. The minimum absolute atomic E-state index is 0.00442. The molecule has 1 aromatic heterocycles. The molecule has 0 spiro atoms. The second-order valence-corrected chi connectivity index (χ2v) is 9.72. The molecule has 1 aliphatic heterocycles. The summed E-state index contributed by atoms with van der Waals surface area (Å²) in [6.07, 6.45) is 3.42. The maximum absolute atomic E-state index is 13.5. The zero-order chi connectivity index (χ0) is 25.5. The molecule has 2 atom stereocenters. The van der Waals surface area contributed by atoms with E-state index in [1.807, 2.05) is 54.6 Å². The third-order valence-corrected chi connectivity index (χ3v) is 7.17. The SMILES string of the molecule is CC[C@H](NC(=O)Cc1c(COC[C@@H]2CCCN2)c(-c2ccccc2)nc2ccccc12)c1ccccc1. The number of pyridine rings is 1. The van der Waals surface area contributed by atoms with E-state index in [1.165, 1.54) is 6.42 Å². The Morgan fingerprint density at radius 3 is 2.46 bits per heavy atom. The molecule has 5 rings (SSSR count). The van der Waals surface area contributed by atoms with Gasteiger partial charge in [0.15, 0.2) is 0 Å². The molecule has 5 nitrogen and oxygen atoms in total. The van der Waals surface area contributed by atoms with Gasteiger partial charge in [0.1, 0.15) is 0 Å². The Morgan fingerprint density at radius 1 is 1.00 bits per heavy atom. The number of amides is 1. The number of aromatic nitrogens is 1. The highest BCUT2D eigenvalue weighted by atomic mass is 16.5. The smallest absolute Gasteiger partial charge is 0.224 e. The first kappa shape index (κ1) is 25.1. The number of rotatable bonds is 10. The fourth-order valence-electron chi connectivity index (χ4n) is 5.23. The number of carbonyl (C=O) groups excluding carboxylic acids is 1. The van der Waals surface area contributed by atoms with Crippen LogP contribution >= 0.6 is 0 Å². The lowest BCUT2D eigenvalue weighted by Crippen LogP contribution is -2.30.